The first kappa shape index (κ1) is 21.0. The molecular formula is C21H18Cl2N4O2S. The van der Waals surface area contributed by atoms with Gasteiger partial charge in [0.1, 0.15) is 11.5 Å². The number of hydrogen-bond acceptors (Lipinski definition) is 6. The lowest BCUT2D eigenvalue weighted by Gasteiger charge is -2.34. The van der Waals surface area contributed by atoms with Crippen molar-refractivity contribution in [1.82, 2.24) is 9.80 Å². The Hall–Kier alpha value is -2.24. The Balaban J connectivity index is 1.40. The predicted octanol–water partition coefficient (Wildman–Crippen LogP) is 4.75. The van der Waals surface area contributed by atoms with Crippen LogP contribution in [-0.4, -0.2) is 53.6 Å². The Morgan fingerprint density at radius 3 is 2.70 bits per heavy atom. The molecule has 0 saturated carbocycles. The van der Waals surface area contributed by atoms with Crippen LogP contribution in [0.3, 0.4) is 0 Å². The van der Waals surface area contributed by atoms with Gasteiger partial charge in [0.15, 0.2) is 5.17 Å². The van der Waals surface area contributed by atoms with Crippen LogP contribution in [-0.2, 0) is 4.79 Å². The highest BCUT2D eigenvalue weighted by molar-refractivity contribution is 8.18. The zero-order valence-electron chi connectivity index (χ0n) is 16.0. The van der Waals surface area contributed by atoms with Crippen molar-refractivity contribution < 1.29 is 9.21 Å². The van der Waals surface area contributed by atoms with Crippen molar-refractivity contribution in [2.45, 2.75) is 6.42 Å². The number of rotatable bonds is 4. The maximum absolute atomic E-state index is 12.4. The summed E-state index contributed by atoms with van der Waals surface area (Å²) in [6.45, 7) is 4.09. The van der Waals surface area contributed by atoms with Crippen LogP contribution in [0.2, 0.25) is 10.0 Å². The van der Waals surface area contributed by atoms with Crippen LogP contribution in [0, 0.1) is 11.3 Å². The average Bonchev–Trinajstić information content (AvgIpc) is 3.36. The Morgan fingerprint density at radius 1 is 1.17 bits per heavy atom. The number of aliphatic imine (C=N–C) groups is 1. The molecule has 4 rings (SSSR count). The van der Waals surface area contributed by atoms with Gasteiger partial charge in [-0.05, 0) is 42.1 Å². The third kappa shape index (κ3) is 4.73. The Bertz CT molecular complexity index is 1070. The number of carbonyl (C=O) groups excluding carboxylic acids is 1. The van der Waals surface area contributed by atoms with Crippen molar-refractivity contribution in [1.29, 1.82) is 5.26 Å². The van der Waals surface area contributed by atoms with Gasteiger partial charge in [0, 0.05) is 50.8 Å². The van der Waals surface area contributed by atoms with Gasteiger partial charge in [0.2, 0.25) is 0 Å². The fourth-order valence-electron chi connectivity index (χ4n) is 3.27. The Labute approximate surface area is 188 Å². The summed E-state index contributed by atoms with van der Waals surface area (Å²) in [5.41, 5.74) is 0.811. The van der Waals surface area contributed by atoms with Crippen LogP contribution in [0.25, 0.3) is 17.4 Å². The molecule has 1 aromatic heterocycles. The smallest absolute Gasteiger partial charge is 0.286 e. The summed E-state index contributed by atoms with van der Waals surface area (Å²) in [5.74, 6) is 0.963. The fourth-order valence-corrected chi connectivity index (χ4v) is 4.51. The normalized spacial score (nSPS) is 18.7. The van der Waals surface area contributed by atoms with Crippen molar-refractivity contribution in [3.05, 3.63) is 51.0 Å². The molecule has 2 aliphatic rings. The lowest BCUT2D eigenvalue weighted by Crippen LogP contribution is -2.47. The molecule has 0 unspecified atom stereocenters. The minimum atomic E-state index is -0.255. The molecule has 0 aliphatic carbocycles. The molecule has 1 amide bonds. The van der Waals surface area contributed by atoms with Gasteiger partial charge in [-0.2, -0.15) is 10.3 Å². The van der Waals surface area contributed by atoms with Crippen LogP contribution < -0.4 is 0 Å². The Kier molecular flexibility index (Phi) is 6.49. The van der Waals surface area contributed by atoms with Gasteiger partial charge in [0.25, 0.3) is 5.91 Å². The van der Waals surface area contributed by atoms with Crippen molar-refractivity contribution in [2.75, 3.05) is 32.7 Å². The lowest BCUT2D eigenvalue weighted by molar-refractivity contribution is -0.113. The molecule has 154 valence electrons. The second-order valence-corrected chi connectivity index (χ2v) is 8.70. The first-order valence-corrected chi connectivity index (χ1v) is 11.0. The molecule has 0 atom stereocenters. The first-order valence-electron chi connectivity index (χ1n) is 9.45. The van der Waals surface area contributed by atoms with E-state index < -0.39 is 0 Å². The van der Waals surface area contributed by atoms with E-state index in [0.29, 0.717) is 32.9 Å². The molecule has 3 heterocycles. The first-order chi connectivity index (χ1) is 14.5. The number of halogens is 2. The van der Waals surface area contributed by atoms with Crippen LogP contribution >= 0.6 is 35.0 Å². The van der Waals surface area contributed by atoms with E-state index >= 15 is 0 Å². The van der Waals surface area contributed by atoms with Gasteiger partial charge in [-0.1, -0.05) is 23.2 Å². The highest BCUT2D eigenvalue weighted by Crippen LogP contribution is 2.33. The summed E-state index contributed by atoms with van der Waals surface area (Å²) in [5, 5.41) is 10.4. The third-order valence-corrected chi connectivity index (χ3v) is 6.68. The number of piperazine rings is 1. The minimum absolute atomic E-state index is 0.255. The molecule has 0 radical (unpaired) electrons. The predicted molar refractivity (Wildman–Crippen MR) is 120 cm³/mol. The number of amidine groups is 1. The van der Waals surface area contributed by atoms with E-state index in [4.69, 9.17) is 32.9 Å². The van der Waals surface area contributed by atoms with E-state index in [1.165, 1.54) is 11.8 Å². The summed E-state index contributed by atoms with van der Waals surface area (Å²) in [6.07, 6.45) is 2.25. The third-order valence-electron chi connectivity index (χ3n) is 4.90. The number of furan rings is 1. The standard InChI is InChI=1S/C21H18Cl2N4O2S/c22-16-4-2-14(12-17(16)23)18-5-3-15(29-18)13-19-20(28)25-21(30-19)27-10-8-26(9-11-27)7-1-6-24/h2-5,12-13H,1,7-11H2/b19-13-. The van der Waals surface area contributed by atoms with Gasteiger partial charge >= 0.3 is 0 Å². The number of hydrogen-bond donors (Lipinski definition) is 0. The number of thioether (sulfide) groups is 1. The number of carbonyl (C=O) groups is 1. The lowest BCUT2D eigenvalue weighted by atomic mass is 10.2. The van der Waals surface area contributed by atoms with Crippen molar-refractivity contribution in [3.8, 4) is 17.4 Å². The molecule has 1 aromatic carbocycles. The molecule has 0 spiro atoms. The van der Waals surface area contributed by atoms with Gasteiger partial charge < -0.3 is 9.32 Å². The summed E-state index contributed by atoms with van der Waals surface area (Å²) in [6, 6.07) is 11.1. The summed E-state index contributed by atoms with van der Waals surface area (Å²) in [7, 11) is 0. The van der Waals surface area contributed by atoms with Crippen molar-refractivity contribution >= 4 is 52.1 Å². The number of nitriles is 1. The van der Waals surface area contributed by atoms with Crippen LogP contribution in [0.4, 0.5) is 0 Å². The van der Waals surface area contributed by atoms with Gasteiger partial charge in [-0.15, -0.1) is 0 Å². The molecule has 1 saturated heterocycles. The summed E-state index contributed by atoms with van der Waals surface area (Å²) < 4.78 is 5.87. The molecule has 6 nitrogen and oxygen atoms in total. The van der Waals surface area contributed by atoms with E-state index in [1.807, 2.05) is 18.2 Å². The van der Waals surface area contributed by atoms with Crippen molar-refractivity contribution in [3.63, 3.8) is 0 Å². The van der Waals surface area contributed by atoms with Crippen LogP contribution in [0.1, 0.15) is 12.2 Å². The molecule has 2 aliphatic heterocycles. The largest absolute Gasteiger partial charge is 0.457 e. The highest BCUT2D eigenvalue weighted by Gasteiger charge is 2.28. The summed E-state index contributed by atoms with van der Waals surface area (Å²) >= 11 is 13.4. The topological polar surface area (TPSA) is 72.8 Å². The molecule has 9 heteroatoms. The van der Waals surface area contributed by atoms with Gasteiger partial charge in [-0.3, -0.25) is 9.69 Å². The van der Waals surface area contributed by atoms with Gasteiger partial charge in [-0.25, -0.2) is 0 Å². The van der Waals surface area contributed by atoms with E-state index in [9.17, 15) is 4.79 Å². The quantitative estimate of drug-likeness (QED) is 0.612. The zero-order valence-corrected chi connectivity index (χ0v) is 18.3. The van der Waals surface area contributed by atoms with Crippen LogP contribution in [0.15, 0.2) is 44.6 Å². The monoisotopic (exact) mass is 460 g/mol. The molecule has 2 aromatic rings. The van der Waals surface area contributed by atoms with Gasteiger partial charge in [0.05, 0.1) is 21.0 Å². The minimum Gasteiger partial charge on any atom is -0.457 e. The molecule has 30 heavy (non-hydrogen) atoms. The zero-order chi connectivity index (χ0) is 21.1. The molecule has 1 fully saturated rings. The SMILES string of the molecule is N#CCCN1CCN(C2=NC(=O)/C(=C/c3ccc(-c4ccc(Cl)c(Cl)c4)o3)S2)CC1. The van der Waals surface area contributed by atoms with Crippen LogP contribution in [0.5, 0.6) is 0 Å². The second kappa shape index (κ2) is 9.27. The highest BCUT2D eigenvalue weighted by atomic mass is 35.5. The average molecular weight is 461 g/mol. The second-order valence-electron chi connectivity index (χ2n) is 6.88. The van der Waals surface area contributed by atoms with E-state index in [2.05, 4.69) is 20.9 Å². The Morgan fingerprint density at radius 2 is 1.97 bits per heavy atom. The van der Waals surface area contributed by atoms with E-state index in [1.54, 1.807) is 18.2 Å². The molecular weight excluding hydrogens is 443 g/mol. The van der Waals surface area contributed by atoms with Crippen molar-refractivity contribution in [2.24, 2.45) is 4.99 Å². The number of nitrogens with zero attached hydrogens (tertiary/aromatic N) is 4. The molecule has 0 N–H and O–H groups in total. The summed E-state index contributed by atoms with van der Waals surface area (Å²) in [4.78, 5) is 21.5. The van der Waals surface area contributed by atoms with E-state index in [0.717, 1.165) is 43.5 Å². The fraction of sp³-hybridized carbons (Fsp3) is 0.286. The van der Waals surface area contributed by atoms with E-state index in [-0.39, 0.29) is 5.91 Å². The number of benzene rings is 1. The molecule has 0 bridgehead atoms. The maximum atomic E-state index is 12.4. The maximum Gasteiger partial charge on any atom is 0.286 e. The number of amides is 1.